The Morgan fingerprint density at radius 1 is 1.23 bits per heavy atom. The molecular formula is C11H14N6O4S. The van der Waals surface area contributed by atoms with Gasteiger partial charge >= 0.3 is 5.82 Å². The predicted octanol–water partition coefficient (Wildman–Crippen LogP) is -0.432. The van der Waals surface area contributed by atoms with Crippen LogP contribution in [0, 0.1) is 10.1 Å². The molecule has 0 atom stereocenters. The SMILES string of the molecule is NS(=O)(=O)N1CCN(c2nc3ccccn3c2[N+](=O)[O-])CC1. The Bertz CT molecular complexity index is 824. The number of nitrogens with zero attached hydrogens (tertiary/aromatic N) is 5. The molecule has 0 bridgehead atoms. The van der Waals surface area contributed by atoms with Crippen molar-refractivity contribution in [3.05, 3.63) is 34.5 Å². The van der Waals surface area contributed by atoms with Gasteiger partial charge in [0.05, 0.1) is 6.20 Å². The Morgan fingerprint density at radius 2 is 1.91 bits per heavy atom. The Morgan fingerprint density at radius 3 is 2.50 bits per heavy atom. The summed E-state index contributed by atoms with van der Waals surface area (Å²) in [5.74, 6) is 0.116. The van der Waals surface area contributed by atoms with E-state index in [4.69, 9.17) is 5.14 Å². The molecule has 1 aliphatic rings. The molecule has 0 unspecified atom stereocenters. The number of aromatic nitrogens is 2. The Kier molecular flexibility index (Phi) is 3.47. The van der Waals surface area contributed by atoms with Crippen LogP contribution in [0.25, 0.3) is 5.65 Å². The average Bonchev–Trinajstić information content (AvgIpc) is 2.86. The average molecular weight is 326 g/mol. The van der Waals surface area contributed by atoms with Crippen molar-refractivity contribution in [2.75, 3.05) is 31.1 Å². The van der Waals surface area contributed by atoms with E-state index in [1.165, 1.54) is 4.40 Å². The summed E-state index contributed by atoms with van der Waals surface area (Å²) < 4.78 is 25.2. The Labute approximate surface area is 126 Å². The van der Waals surface area contributed by atoms with Crippen LogP contribution in [0.2, 0.25) is 0 Å². The Balaban J connectivity index is 1.95. The molecule has 0 aromatic carbocycles. The predicted molar refractivity (Wildman–Crippen MR) is 78.7 cm³/mol. The van der Waals surface area contributed by atoms with Crippen LogP contribution in [-0.4, -0.2) is 53.2 Å². The molecule has 0 saturated carbocycles. The number of nitro groups is 1. The topological polar surface area (TPSA) is 127 Å². The van der Waals surface area contributed by atoms with E-state index in [-0.39, 0.29) is 24.7 Å². The molecule has 2 aromatic rings. The van der Waals surface area contributed by atoms with Gasteiger partial charge in [0.15, 0.2) is 0 Å². The van der Waals surface area contributed by atoms with Gasteiger partial charge in [-0.05, 0) is 11.0 Å². The van der Waals surface area contributed by atoms with Gasteiger partial charge in [0.2, 0.25) is 11.5 Å². The van der Waals surface area contributed by atoms with Crippen molar-refractivity contribution >= 4 is 27.5 Å². The molecule has 2 aromatic heterocycles. The van der Waals surface area contributed by atoms with Gasteiger partial charge in [-0.15, -0.1) is 0 Å². The molecule has 1 saturated heterocycles. The third-order valence-electron chi connectivity index (χ3n) is 3.56. The van der Waals surface area contributed by atoms with Gasteiger partial charge in [-0.25, -0.2) is 5.14 Å². The number of imidazole rings is 1. The van der Waals surface area contributed by atoms with E-state index in [0.717, 1.165) is 4.31 Å². The van der Waals surface area contributed by atoms with Crippen LogP contribution in [0.4, 0.5) is 11.6 Å². The molecule has 0 amide bonds. The van der Waals surface area contributed by atoms with E-state index < -0.39 is 15.1 Å². The fourth-order valence-corrected chi connectivity index (χ4v) is 3.18. The monoisotopic (exact) mass is 326 g/mol. The van der Waals surface area contributed by atoms with Gasteiger partial charge in [0.1, 0.15) is 0 Å². The van der Waals surface area contributed by atoms with Crippen molar-refractivity contribution in [3.8, 4) is 0 Å². The maximum absolute atomic E-state index is 11.4. The van der Waals surface area contributed by atoms with Crippen LogP contribution in [0.3, 0.4) is 0 Å². The first kappa shape index (κ1) is 14.7. The van der Waals surface area contributed by atoms with Gasteiger partial charge in [0.25, 0.3) is 10.2 Å². The lowest BCUT2D eigenvalue weighted by Crippen LogP contribution is -2.50. The van der Waals surface area contributed by atoms with Gasteiger partial charge in [-0.3, -0.25) is 0 Å². The summed E-state index contributed by atoms with van der Waals surface area (Å²) in [7, 11) is -3.74. The summed E-state index contributed by atoms with van der Waals surface area (Å²) in [6.45, 7) is 0.927. The second kappa shape index (κ2) is 5.19. The summed E-state index contributed by atoms with van der Waals surface area (Å²) >= 11 is 0. The van der Waals surface area contributed by atoms with Crippen molar-refractivity contribution < 1.29 is 13.3 Å². The minimum atomic E-state index is -3.74. The highest BCUT2D eigenvalue weighted by molar-refractivity contribution is 7.86. The van der Waals surface area contributed by atoms with Crippen LogP contribution in [0.15, 0.2) is 24.4 Å². The molecule has 10 nitrogen and oxygen atoms in total. The molecule has 22 heavy (non-hydrogen) atoms. The second-order valence-corrected chi connectivity index (χ2v) is 6.42. The third kappa shape index (κ3) is 2.49. The maximum atomic E-state index is 11.4. The van der Waals surface area contributed by atoms with Gasteiger partial charge in [-0.1, -0.05) is 6.07 Å². The fraction of sp³-hybridized carbons (Fsp3) is 0.364. The molecule has 3 rings (SSSR count). The van der Waals surface area contributed by atoms with E-state index in [0.29, 0.717) is 18.7 Å². The van der Waals surface area contributed by atoms with Gasteiger partial charge < -0.3 is 15.0 Å². The molecule has 3 heterocycles. The molecule has 118 valence electrons. The maximum Gasteiger partial charge on any atom is 0.372 e. The normalized spacial score (nSPS) is 17.0. The molecule has 0 aliphatic carbocycles. The summed E-state index contributed by atoms with van der Waals surface area (Å²) in [6, 6.07) is 5.11. The third-order valence-corrected chi connectivity index (χ3v) is 4.64. The van der Waals surface area contributed by atoms with E-state index in [9.17, 15) is 18.5 Å². The Hall–Kier alpha value is -2.24. The summed E-state index contributed by atoms with van der Waals surface area (Å²) in [5.41, 5.74) is 0.470. The lowest BCUT2D eigenvalue weighted by Gasteiger charge is -2.32. The lowest BCUT2D eigenvalue weighted by molar-refractivity contribution is -0.389. The van der Waals surface area contributed by atoms with Crippen LogP contribution in [0.1, 0.15) is 0 Å². The van der Waals surface area contributed by atoms with Gasteiger partial charge in [-0.2, -0.15) is 22.1 Å². The fourth-order valence-electron chi connectivity index (χ4n) is 2.51. The van der Waals surface area contributed by atoms with Crippen LogP contribution in [0.5, 0.6) is 0 Å². The van der Waals surface area contributed by atoms with Crippen molar-refractivity contribution in [2.45, 2.75) is 0 Å². The highest BCUT2D eigenvalue weighted by Crippen LogP contribution is 2.29. The molecular weight excluding hydrogens is 312 g/mol. The first-order valence-electron chi connectivity index (χ1n) is 6.52. The smallest absolute Gasteiger partial charge is 0.358 e. The summed E-state index contributed by atoms with van der Waals surface area (Å²) in [5, 5.41) is 16.4. The minimum Gasteiger partial charge on any atom is -0.358 e. The zero-order valence-electron chi connectivity index (χ0n) is 11.5. The number of fused-ring (bicyclic) bond motifs is 1. The highest BCUT2D eigenvalue weighted by Gasteiger charge is 2.31. The number of anilines is 1. The number of hydrogen-bond acceptors (Lipinski definition) is 6. The van der Waals surface area contributed by atoms with E-state index in [1.54, 1.807) is 29.3 Å². The van der Waals surface area contributed by atoms with Crippen LogP contribution in [-0.2, 0) is 10.2 Å². The van der Waals surface area contributed by atoms with Crippen molar-refractivity contribution in [2.24, 2.45) is 5.14 Å². The molecule has 0 spiro atoms. The first-order chi connectivity index (χ1) is 10.4. The number of rotatable bonds is 3. The van der Waals surface area contributed by atoms with E-state index >= 15 is 0 Å². The number of nitrogens with two attached hydrogens (primary N) is 1. The number of pyridine rings is 1. The van der Waals surface area contributed by atoms with Crippen LogP contribution < -0.4 is 10.0 Å². The standard InChI is InChI=1S/C11H14N6O4S/c12-22(20,21)15-7-5-14(6-8-15)10-11(17(18)19)16-4-2-1-3-9(16)13-10/h1-4H,5-8H2,(H2,12,20,21). The van der Waals surface area contributed by atoms with Crippen molar-refractivity contribution in [1.29, 1.82) is 0 Å². The second-order valence-electron chi connectivity index (χ2n) is 4.88. The van der Waals surface area contributed by atoms with E-state index in [1.807, 2.05) is 0 Å². The molecule has 1 fully saturated rings. The lowest BCUT2D eigenvalue weighted by atomic mass is 10.3. The zero-order valence-corrected chi connectivity index (χ0v) is 12.3. The largest absolute Gasteiger partial charge is 0.372 e. The summed E-state index contributed by atoms with van der Waals surface area (Å²) in [4.78, 5) is 16.9. The zero-order chi connectivity index (χ0) is 15.9. The molecule has 2 N–H and O–H groups in total. The molecule has 0 radical (unpaired) electrons. The number of piperazine rings is 1. The minimum absolute atomic E-state index is 0.125. The van der Waals surface area contributed by atoms with Gasteiger partial charge in [0, 0.05) is 32.2 Å². The van der Waals surface area contributed by atoms with Crippen molar-refractivity contribution in [3.63, 3.8) is 0 Å². The summed E-state index contributed by atoms with van der Waals surface area (Å²) in [6.07, 6.45) is 1.57. The van der Waals surface area contributed by atoms with Crippen molar-refractivity contribution in [1.82, 2.24) is 13.7 Å². The molecule has 1 aliphatic heterocycles. The first-order valence-corrected chi connectivity index (χ1v) is 8.02. The highest BCUT2D eigenvalue weighted by atomic mass is 32.2. The number of hydrogen-bond donors (Lipinski definition) is 1. The van der Waals surface area contributed by atoms with Crippen LogP contribution >= 0.6 is 0 Å². The molecule has 11 heteroatoms. The van der Waals surface area contributed by atoms with E-state index in [2.05, 4.69) is 4.98 Å². The quantitative estimate of drug-likeness (QED) is 0.602.